The molecular formula is C28H31F2N7O2. The molecule has 4 heterocycles. The molecule has 1 fully saturated rings. The largest absolute Gasteiger partial charge is 0.444 e. The van der Waals surface area contributed by atoms with Crippen molar-refractivity contribution in [2.75, 3.05) is 30.8 Å². The first kappa shape index (κ1) is 26.3. The molecule has 5 rings (SSSR count). The van der Waals surface area contributed by atoms with Gasteiger partial charge in [-0.05, 0) is 57.9 Å². The molecule has 0 saturated carbocycles. The number of ether oxygens (including phenoxy) is 1. The second-order valence-electron chi connectivity index (χ2n) is 10.7. The Balaban J connectivity index is 1.49. The van der Waals surface area contributed by atoms with Gasteiger partial charge in [-0.3, -0.25) is 0 Å². The highest BCUT2D eigenvalue weighted by Crippen LogP contribution is 2.35. The molecule has 0 atom stereocenters. The highest BCUT2D eigenvalue weighted by atomic mass is 19.1. The Bertz CT molecular complexity index is 1510. The molecule has 1 amide bonds. The van der Waals surface area contributed by atoms with E-state index in [9.17, 15) is 9.18 Å². The number of carbonyl (C=O) groups excluding carboxylic acids is 1. The Hall–Kier alpha value is -4.28. The number of rotatable bonds is 4. The van der Waals surface area contributed by atoms with Gasteiger partial charge in [0.1, 0.15) is 29.3 Å². The summed E-state index contributed by atoms with van der Waals surface area (Å²) in [5.41, 5.74) is 7.13. The van der Waals surface area contributed by atoms with E-state index in [4.69, 9.17) is 15.5 Å². The Kier molecular flexibility index (Phi) is 6.83. The zero-order valence-corrected chi connectivity index (χ0v) is 22.4. The molecule has 1 aliphatic rings. The lowest BCUT2D eigenvalue weighted by molar-refractivity contribution is 0.0205. The van der Waals surface area contributed by atoms with Crippen LogP contribution in [0.3, 0.4) is 0 Å². The summed E-state index contributed by atoms with van der Waals surface area (Å²) in [5.74, 6) is -0.893. The lowest BCUT2D eigenvalue weighted by atomic mass is 10.0. The summed E-state index contributed by atoms with van der Waals surface area (Å²) in [7, 11) is 1.96. The molecule has 1 aliphatic heterocycles. The fraction of sp³-hybridized carbons (Fsp3) is 0.357. The van der Waals surface area contributed by atoms with E-state index in [0.717, 1.165) is 18.9 Å². The van der Waals surface area contributed by atoms with Gasteiger partial charge in [-0.2, -0.15) is 0 Å². The van der Waals surface area contributed by atoms with Crippen LogP contribution < -0.4 is 10.6 Å². The summed E-state index contributed by atoms with van der Waals surface area (Å²) >= 11 is 0. The number of likely N-dealkylation sites (tertiary alicyclic amines) is 1. The van der Waals surface area contributed by atoms with Gasteiger partial charge < -0.3 is 24.8 Å². The molecule has 9 nitrogen and oxygen atoms in total. The maximum absolute atomic E-state index is 15.0. The van der Waals surface area contributed by atoms with E-state index < -0.39 is 17.2 Å². The molecule has 4 aromatic rings. The number of nitrogen functional groups attached to an aromatic ring is 1. The molecule has 0 bridgehead atoms. The highest BCUT2D eigenvalue weighted by molar-refractivity contribution is 5.95. The van der Waals surface area contributed by atoms with Crippen molar-refractivity contribution >= 4 is 28.6 Å². The lowest BCUT2D eigenvalue weighted by Gasteiger charge is -2.37. The van der Waals surface area contributed by atoms with Gasteiger partial charge in [0.05, 0.1) is 16.7 Å². The summed E-state index contributed by atoms with van der Waals surface area (Å²) in [6.07, 6.45) is 7.48. The van der Waals surface area contributed by atoms with Gasteiger partial charge >= 0.3 is 6.09 Å². The minimum absolute atomic E-state index is 0.142. The number of pyridine rings is 1. The van der Waals surface area contributed by atoms with E-state index >= 15 is 4.39 Å². The number of benzene rings is 1. The molecule has 1 saturated heterocycles. The SMILES string of the molecule is CN(c1ccc2c(n1)c(-c1cncnc1)cn2-c1c(F)ccc(N)c1F)C1CCN(C(=O)OC(C)(C)C)CC1. The lowest BCUT2D eigenvalue weighted by Crippen LogP contribution is -2.47. The van der Waals surface area contributed by atoms with E-state index in [1.165, 1.54) is 17.0 Å². The van der Waals surface area contributed by atoms with Gasteiger partial charge in [0, 0.05) is 55.9 Å². The fourth-order valence-corrected chi connectivity index (χ4v) is 4.85. The predicted octanol–water partition coefficient (Wildman–Crippen LogP) is 5.18. The Morgan fingerprint density at radius 1 is 1.10 bits per heavy atom. The minimum Gasteiger partial charge on any atom is -0.444 e. The van der Waals surface area contributed by atoms with Crippen LogP contribution in [0.4, 0.5) is 25.1 Å². The summed E-state index contributed by atoms with van der Waals surface area (Å²) in [4.78, 5) is 29.4. The van der Waals surface area contributed by atoms with Crippen molar-refractivity contribution in [3.63, 3.8) is 0 Å². The van der Waals surface area contributed by atoms with Gasteiger partial charge in [-0.25, -0.2) is 28.5 Å². The molecule has 0 aliphatic carbocycles. The minimum atomic E-state index is -0.847. The zero-order valence-electron chi connectivity index (χ0n) is 22.4. The standard InChI is InChI=1S/C28H31F2N7O2/c1-28(2,3)39-27(38)36-11-9-18(10-12-36)35(4)23-8-7-22-25(34-23)19(17-13-32-16-33-14-17)15-37(22)26-20(29)5-6-21(31)24(26)30/h5-8,13-16,18H,9-12,31H2,1-4H3. The molecular weight excluding hydrogens is 504 g/mol. The summed E-state index contributed by atoms with van der Waals surface area (Å²) in [6.45, 7) is 6.70. The maximum Gasteiger partial charge on any atom is 0.410 e. The number of fused-ring (bicyclic) bond motifs is 1. The first-order valence-electron chi connectivity index (χ1n) is 12.8. The smallest absolute Gasteiger partial charge is 0.410 e. The number of piperidine rings is 1. The predicted molar refractivity (Wildman–Crippen MR) is 146 cm³/mol. The molecule has 1 aromatic carbocycles. The maximum atomic E-state index is 15.0. The molecule has 0 radical (unpaired) electrons. The number of amides is 1. The molecule has 0 spiro atoms. The summed E-state index contributed by atoms with van der Waals surface area (Å²) in [6, 6.07) is 6.10. The summed E-state index contributed by atoms with van der Waals surface area (Å²) in [5, 5.41) is 0. The van der Waals surface area contributed by atoms with Crippen LogP contribution in [-0.2, 0) is 4.74 Å². The number of carbonyl (C=O) groups is 1. The Morgan fingerprint density at radius 2 is 1.79 bits per heavy atom. The van der Waals surface area contributed by atoms with Crippen molar-refractivity contribution in [2.45, 2.75) is 45.3 Å². The van der Waals surface area contributed by atoms with E-state index in [0.29, 0.717) is 41.1 Å². The molecule has 3 aromatic heterocycles. The molecule has 39 heavy (non-hydrogen) atoms. The van der Waals surface area contributed by atoms with Crippen LogP contribution in [-0.4, -0.2) is 62.3 Å². The van der Waals surface area contributed by atoms with Crippen LogP contribution in [0.1, 0.15) is 33.6 Å². The quantitative estimate of drug-likeness (QED) is 0.359. The van der Waals surface area contributed by atoms with Crippen molar-refractivity contribution in [1.29, 1.82) is 0 Å². The number of halogens is 2. The van der Waals surface area contributed by atoms with E-state index in [1.807, 2.05) is 33.9 Å². The van der Waals surface area contributed by atoms with Crippen LogP contribution in [0.2, 0.25) is 0 Å². The number of hydrogen-bond acceptors (Lipinski definition) is 7. The van der Waals surface area contributed by atoms with Crippen LogP contribution in [0.15, 0.2) is 49.2 Å². The molecule has 11 heteroatoms. The molecule has 2 N–H and O–H groups in total. The third-order valence-electron chi connectivity index (χ3n) is 6.87. The normalized spacial score (nSPS) is 14.6. The van der Waals surface area contributed by atoms with Gasteiger partial charge in [-0.1, -0.05) is 0 Å². The van der Waals surface area contributed by atoms with Crippen molar-refractivity contribution in [3.05, 3.63) is 60.8 Å². The van der Waals surface area contributed by atoms with Crippen LogP contribution in [0.5, 0.6) is 0 Å². The highest BCUT2D eigenvalue weighted by Gasteiger charge is 2.29. The first-order valence-corrected chi connectivity index (χ1v) is 12.8. The fourth-order valence-electron chi connectivity index (χ4n) is 4.85. The Morgan fingerprint density at radius 3 is 2.46 bits per heavy atom. The van der Waals surface area contributed by atoms with Gasteiger partial charge in [0.25, 0.3) is 0 Å². The van der Waals surface area contributed by atoms with Crippen LogP contribution in [0, 0.1) is 11.6 Å². The van der Waals surface area contributed by atoms with Crippen molar-refractivity contribution < 1.29 is 18.3 Å². The average Bonchev–Trinajstić information content (AvgIpc) is 3.29. The van der Waals surface area contributed by atoms with Crippen LogP contribution >= 0.6 is 0 Å². The number of nitrogens with zero attached hydrogens (tertiary/aromatic N) is 6. The topological polar surface area (TPSA) is 102 Å². The number of anilines is 2. The molecule has 204 valence electrons. The second-order valence-corrected chi connectivity index (χ2v) is 10.7. The van der Waals surface area contributed by atoms with E-state index in [2.05, 4.69) is 14.9 Å². The number of aromatic nitrogens is 4. The number of nitrogens with two attached hydrogens (primary N) is 1. The number of hydrogen-bond donors (Lipinski definition) is 1. The Labute approximate surface area is 225 Å². The third-order valence-corrected chi connectivity index (χ3v) is 6.87. The monoisotopic (exact) mass is 535 g/mol. The van der Waals surface area contributed by atoms with Gasteiger partial charge in [-0.15, -0.1) is 0 Å². The average molecular weight is 536 g/mol. The second kappa shape index (κ2) is 10.1. The third kappa shape index (κ3) is 5.21. The summed E-state index contributed by atoms with van der Waals surface area (Å²) < 4.78 is 36.9. The van der Waals surface area contributed by atoms with E-state index in [1.54, 1.807) is 29.6 Å². The van der Waals surface area contributed by atoms with Crippen molar-refractivity contribution in [1.82, 2.24) is 24.4 Å². The first-order chi connectivity index (χ1) is 18.5. The molecule has 0 unspecified atom stereocenters. The zero-order chi connectivity index (χ0) is 27.9. The van der Waals surface area contributed by atoms with Crippen molar-refractivity contribution in [2.24, 2.45) is 0 Å². The van der Waals surface area contributed by atoms with Gasteiger partial charge in [0.2, 0.25) is 0 Å². The van der Waals surface area contributed by atoms with Crippen LogP contribution in [0.25, 0.3) is 27.8 Å². The van der Waals surface area contributed by atoms with Crippen molar-refractivity contribution in [3.8, 4) is 16.8 Å². The van der Waals surface area contributed by atoms with Gasteiger partial charge in [0.15, 0.2) is 5.82 Å². The van der Waals surface area contributed by atoms with E-state index in [-0.39, 0.29) is 23.5 Å².